The lowest BCUT2D eigenvalue weighted by atomic mass is 9.77. The zero-order valence-corrected chi connectivity index (χ0v) is 14.3. The van der Waals surface area contributed by atoms with E-state index < -0.39 is 0 Å². The second kappa shape index (κ2) is 6.40. The number of hydrogen-bond acceptors (Lipinski definition) is 3. The van der Waals surface area contributed by atoms with Crippen molar-refractivity contribution in [2.45, 2.75) is 45.8 Å². The van der Waals surface area contributed by atoms with Crippen molar-refractivity contribution < 1.29 is 9.53 Å². The van der Waals surface area contributed by atoms with Crippen molar-refractivity contribution in [1.82, 2.24) is 15.5 Å². The molecule has 2 amide bonds. The van der Waals surface area contributed by atoms with Crippen LogP contribution in [0.2, 0.25) is 0 Å². The van der Waals surface area contributed by atoms with Gasteiger partial charge in [0, 0.05) is 25.7 Å². The van der Waals surface area contributed by atoms with E-state index in [0.29, 0.717) is 25.7 Å². The monoisotopic (exact) mass is 317 g/mol. The number of carbonyl (C=O) groups excluding carboxylic acids is 1. The summed E-state index contributed by atoms with van der Waals surface area (Å²) < 4.78 is 5.26. The number of fused-ring (bicyclic) bond motifs is 1. The molecule has 0 radical (unpaired) electrons. The van der Waals surface area contributed by atoms with Crippen molar-refractivity contribution in [3.05, 3.63) is 29.3 Å². The fraction of sp³-hybridized carbons (Fsp3) is 0.611. The molecule has 1 fully saturated rings. The maximum absolute atomic E-state index is 12.5. The van der Waals surface area contributed by atoms with Gasteiger partial charge in [-0.2, -0.15) is 0 Å². The molecule has 126 valence electrons. The van der Waals surface area contributed by atoms with Crippen LogP contribution in [0.1, 0.15) is 37.8 Å². The Bertz CT molecular complexity index is 586. The number of amides is 2. The topological polar surface area (TPSA) is 53.6 Å². The summed E-state index contributed by atoms with van der Waals surface area (Å²) in [4.78, 5) is 14.3. The Balaban J connectivity index is 1.56. The first-order chi connectivity index (χ1) is 11.0. The Morgan fingerprint density at radius 2 is 2.17 bits per heavy atom. The zero-order valence-electron chi connectivity index (χ0n) is 14.3. The van der Waals surface area contributed by atoms with E-state index in [9.17, 15) is 4.79 Å². The highest BCUT2D eigenvalue weighted by Gasteiger charge is 2.32. The van der Waals surface area contributed by atoms with Crippen LogP contribution in [-0.4, -0.2) is 37.2 Å². The van der Waals surface area contributed by atoms with Gasteiger partial charge in [-0.15, -0.1) is 0 Å². The number of ether oxygens (including phenoxy) is 1. The summed E-state index contributed by atoms with van der Waals surface area (Å²) in [5.74, 6) is 0.846. The first-order valence-electron chi connectivity index (χ1n) is 8.41. The SMILES string of the molecule is COc1ccc2c(c1)CN(C(=O)NCC1NCCCC1(C)C)C2. The van der Waals surface area contributed by atoms with Crippen molar-refractivity contribution in [1.29, 1.82) is 0 Å². The Morgan fingerprint density at radius 1 is 1.39 bits per heavy atom. The van der Waals surface area contributed by atoms with Crippen molar-refractivity contribution in [2.75, 3.05) is 20.2 Å². The summed E-state index contributed by atoms with van der Waals surface area (Å²) in [6.45, 7) is 7.59. The Morgan fingerprint density at radius 3 is 2.91 bits per heavy atom. The zero-order chi connectivity index (χ0) is 16.4. The minimum Gasteiger partial charge on any atom is -0.497 e. The van der Waals surface area contributed by atoms with E-state index in [1.54, 1.807) is 7.11 Å². The van der Waals surface area contributed by atoms with Crippen LogP contribution in [-0.2, 0) is 13.1 Å². The average Bonchev–Trinajstić information content (AvgIpc) is 2.96. The molecule has 0 bridgehead atoms. The first kappa shape index (κ1) is 16.1. The average molecular weight is 317 g/mol. The molecule has 23 heavy (non-hydrogen) atoms. The molecule has 5 heteroatoms. The van der Waals surface area contributed by atoms with Gasteiger partial charge in [-0.05, 0) is 48.1 Å². The van der Waals surface area contributed by atoms with E-state index in [2.05, 4.69) is 24.5 Å². The number of urea groups is 1. The molecule has 1 saturated heterocycles. The Kier molecular flexibility index (Phi) is 4.48. The summed E-state index contributed by atoms with van der Waals surface area (Å²) in [6.07, 6.45) is 2.41. The van der Waals surface area contributed by atoms with Crippen LogP contribution in [0.25, 0.3) is 0 Å². The number of rotatable bonds is 3. The Labute approximate surface area is 138 Å². The maximum Gasteiger partial charge on any atom is 0.318 e. The summed E-state index contributed by atoms with van der Waals surface area (Å²) in [5, 5.41) is 6.64. The predicted molar refractivity (Wildman–Crippen MR) is 90.4 cm³/mol. The van der Waals surface area contributed by atoms with Crippen molar-refractivity contribution in [3.8, 4) is 5.75 Å². The number of methoxy groups -OCH3 is 1. The van der Waals surface area contributed by atoms with E-state index in [-0.39, 0.29) is 11.4 Å². The first-order valence-corrected chi connectivity index (χ1v) is 8.41. The van der Waals surface area contributed by atoms with Gasteiger partial charge in [-0.1, -0.05) is 19.9 Å². The maximum atomic E-state index is 12.5. The summed E-state index contributed by atoms with van der Waals surface area (Å²) in [7, 11) is 1.67. The van der Waals surface area contributed by atoms with Crippen LogP contribution in [0.3, 0.4) is 0 Å². The number of piperidine rings is 1. The van der Waals surface area contributed by atoms with Crippen LogP contribution in [0, 0.1) is 5.41 Å². The normalized spacial score (nSPS) is 22.6. The van der Waals surface area contributed by atoms with Gasteiger partial charge in [0.05, 0.1) is 7.11 Å². The predicted octanol–water partition coefficient (Wildman–Crippen LogP) is 2.50. The lowest BCUT2D eigenvalue weighted by Gasteiger charge is -2.39. The number of benzene rings is 1. The summed E-state index contributed by atoms with van der Waals surface area (Å²) >= 11 is 0. The van der Waals surface area contributed by atoms with Crippen molar-refractivity contribution >= 4 is 6.03 Å². The highest BCUT2D eigenvalue weighted by Crippen LogP contribution is 2.30. The minimum absolute atomic E-state index is 0.0170. The largest absolute Gasteiger partial charge is 0.497 e. The minimum atomic E-state index is 0.0170. The smallest absolute Gasteiger partial charge is 0.318 e. The Hall–Kier alpha value is -1.75. The standard InChI is InChI=1S/C18H27N3O2/c1-18(2)7-4-8-19-16(18)10-20-17(22)21-11-13-5-6-15(23-3)9-14(13)12-21/h5-6,9,16,19H,4,7-8,10-12H2,1-3H3,(H,20,22). The number of carbonyl (C=O) groups is 1. The molecule has 0 saturated carbocycles. The second-order valence-corrected chi connectivity index (χ2v) is 7.28. The van der Waals surface area contributed by atoms with Gasteiger partial charge in [0.15, 0.2) is 0 Å². The van der Waals surface area contributed by atoms with Gasteiger partial charge in [0.1, 0.15) is 5.75 Å². The number of nitrogens with one attached hydrogen (secondary N) is 2. The van der Waals surface area contributed by atoms with E-state index in [4.69, 9.17) is 4.74 Å². The van der Waals surface area contributed by atoms with Crippen LogP contribution >= 0.6 is 0 Å². The third kappa shape index (κ3) is 3.44. The molecule has 1 aromatic rings. The number of nitrogens with zero attached hydrogens (tertiary/aromatic N) is 1. The third-order valence-corrected chi connectivity index (χ3v) is 5.21. The summed E-state index contributed by atoms with van der Waals surface area (Å²) in [5.41, 5.74) is 2.61. The molecule has 2 N–H and O–H groups in total. The molecule has 2 aliphatic rings. The van der Waals surface area contributed by atoms with E-state index in [1.165, 1.54) is 24.0 Å². The van der Waals surface area contributed by atoms with Crippen LogP contribution in [0.15, 0.2) is 18.2 Å². The molecule has 1 aromatic carbocycles. The molecule has 5 nitrogen and oxygen atoms in total. The van der Waals surface area contributed by atoms with Crippen molar-refractivity contribution in [3.63, 3.8) is 0 Å². The molecular formula is C18H27N3O2. The molecule has 0 aromatic heterocycles. The van der Waals surface area contributed by atoms with Gasteiger partial charge < -0.3 is 20.3 Å². The van der Waals surface area contributed by atoms with Crippen LogP contribution < -0.4 is 15.4 Å². The van der Waals surface area contributed by atoms with E-state index in [0.717, 1.165) is 12.3 Å². The molecule has 1 atom stereocenters. The van der Waals surface area contributed by atoms with Crippen LogP contribution in [0.4, 0.5) is 4.79 Å². The quantitative estimate of drug-likeness (QED) is 0.900. The van der Waals surface area contributed by atoms with Gasteiger partial charge in [0.2, 0.25) is 0 Å². The third-order valence-electron chi connectivity index (χ3n) is 5.21. The molecule has 2 aliphatic heterocycles. The fourth-order valence-corrected chi connectivity index (χ4v) is 3.56. The summed E-state index contributed by atoms with van der Waals surface area (Å²) in [6, 6.07) is 6.38. The molecule has 0 aliphatic carbocycles. The second-order valence-electron chi connectivity index (χ2n) is 7.28. The molecule has 3 rings (SSSR count). The highest BCUT2D eigenvalue weighted by atomic mass is 16.5. The van der Waals surface area contributed by atoms with Gasteiger partial charge in [0.25, 0.3) is 0 Å². The molecule has 1 unspecified atom stereocenters. The molecule has 0 spiro atoms. The lowest BCUT2D eigenvalue weighted by Crippen LogP contribution is -2.54. The van der Waals surface area contributed by atoms with Gasteiger partial charge in [-0.3, -0.25) is 0 Å². The lowest BCUT2D eigenvalue weighted by molar-refractivity contribution is 0.166. The van der Waals surface area contributed by atoms with E-state index in [1.807, 2.05) is 23.1 Å². The molecule has 2 heterocycles. The fourth-order valence-electron chi connectivity index (χ4n) is 3.56. The van der Waals surface area contributed by atoms with Gasteiger partial charge >= 0.3 is 6.03 Å². The molecular weight excluding hydrogens is 290 g/mol. The van der Waals surface area contributed by atoms with Crippen LogP contribution in [0.5, 0.6) is 5.75 Å². The van der Waals surface area contributed by atoms with Crippen molar-refractivity contribution in [2.24, 2.45) is 5.41 Å². The van der Waals surface area contributed by atoms with E-state index >= 15 is 0 Å². The van der Waals surface area contributed by atoms with Gasteiger partial charge in [-0.25, -0.2) is 4.79 Å². The highest BCUT2D eigenvalue weighted by molar-refractivity contribution is 5.75. The number of hydrogen-bond donors (Lipinski definition) is 2.